The molecule has 2 nitrogen and oxygen atoms in total. The number of aromatic nitrogens is 1. The zero-order chi connectivity index (χ0) is 39.8. The van der Waals surface area contributed by atoms with Crippen LogP contribution in [-0.4, -0.2) is 4.57 Å². The highest BCUT2D eigenvalue weighted by Gasteiger charge is 2.21. The van der Waals surface area contributed by atoms with Crippen molar-refractivity contribution in [2.45, 2.75) is 0 Å². The van der Waals surface area contributed by atoms with Gasteiger partial charge >= 0.3 is 0 Å². The second-order valence-electron chi connectivity index (χ2n) is 15.3. The van der Waals surface area contributed by atoms with E-state index in [9.17, 15) is 0 Å². The lowest BCUT2D eigenvalue weighted by Crippen LogP contribution is -2.10. The summed E-state index contributed by atoms with van der Waals surface area (Å²) >= 11 is 0. The summed E-state index contributed by atoms with van der Waals surface area (Å²) in [5.74, 6) is 0. The molecule has 0 bridgehead atoms. The van der Waals surface area contributed by atoms with Gasteiger partial charge in [0.25, 0.3) is 0 Å². The smallest absolute Gasteiger partial charge is 0.0618 e. The van der Waals surface area contributed by atoms with Gasteiger partial charge in [0.1, 0.15) is 0 Å². The van der Waals surface area contributed by atoms with Gasteiger partial charge < -0.3 is 9.47 Å². The fourth-order valence-electron chi connectivity index (χ4n) is 8.96. The van der Waals surface area contributed by atoms with Gasteiger partial charge in [-0.15, -0.1) is 0 Å². The van der Waals surface area contributed by atoms with Gasteiger partial charge in [0.05, 0.1) is 16.7 Å². The number of hydrogen-bond donors (Lipinski definition) is 0. The zero-order valence-corrected chi connectivity index (χ0v) is 33.0. The number of para-hydroxylation sites is 1. The van der Waals surface area contributed by atoms with Gasteiger partial charge in [-0.2, -0.15) is 0 Å². The first-order chi connectivity index (χ1) is 29.8. The Hall–Kier alpha value is -7.94. The maximum Gasteiger partial charge on any atom is 0.0618 e. The Balaban J connectivity index is 1.12. The molecule has 0 aliphatic heterocycles. The van der Waals surface area contributed by atoms with Gasteiger partial charge in [0.2, 0.25) is 0 Å². The van der Waals surface area contributed by atoms with Crippen LogP contribution in [0.4, 0.5) is 17.1 Å². The first-order valence-electron chi connectivity index (χ1n) is 20.6. The third-order valence-electron chi connectivity index (χ3n) is 11.8. The van der Waals surface area contributed by atoms with Crippen LogP contribution in [0.25, 0.3) is 82.8 Å². The van der Waals surface area contributed by atoms with Crippen LogP contribution in [0.5, 0.6) is 0 Å². The van der Waals surface area contributed by atoms with E-state index in [1.54, 1.807) is 0 Å². The molecule has 0 saturated carbocycles. The van der Waals surface area contributed by atoms with Crippen molar-refractivity contribution in [2.24, 2.45) is 0 Å². The molecular weight excluding hydrogens is 725 g/mol. The molecule has 0 amide bonds. The molecule has 1 aromatic heterocycles. The summed E-state index contributed by atoms with van der Waals surface area (Å²) in [6, 6.07) is 87.9. The number of anilines is 3. The SMILES string of the molecule is c1ccc(-c2ccc(N(c3ccc(-c4ccccc4-c4ccccc4)cc3)c3ccc4c5ccccc5n(-c5c(-c6ccccc6)ccc6ccccc56)c4c3)cc2)cc1. The van der Waals surface area contributed by atoms with Crippen molar-refractivity contribution in [1.29, 1.82) is 0 Å². The standard InChI is InChI=1S/C58H40N2/c1-4-16-41(17-5-1)42-28-33-47(34-29-42)59(48-35-30-46(31-36-48)51-24-13-12-23-50(51)43-18-6-2-7-19-43)49-37-39-55-54-26-14-15-27-56(54)60(57(55)40-49)58-52-25-11-10-22-45(52)32-38-53(58)44-20-8-3-9-21-44/h1-40H. The third kappa shape index (κ3) is 6.23. The van der Waals surface area contributed by atoms with Crippen molar-refractivity contribution >= 4 is 49.6 Å². The van der Waals surface area contributed by atoms with E-state index in [1.165, 1.54) is 77.3 Å². The zero-order valence-electron chi connectivity index (χ0n) is 33.0. The van der Waals surface area contributed by atoms with E-state index in [0.29, 0.717) is 0 Å². The number of fused-ring (bicyclic) bond motifs is 4. The molecule has 0 radical (unpaired) electrons. The molecular formula is C58H40N2. The van der Waals surface area contributed by atoms with E-state index in [-0.39, 0.29) is 0 Å². The van der Waals surface area contributed by atoms with Gasteiger partial charge in [0.15, 0.2) is 0 Å². The van der Waals surface area contributed by atoms with Gasteiger partial charge in [-0.05, 0) is 86.8 Å². The van der Waals surface area contributed by atoms with Gasteiger partial charge in [-0.25, -0.2) is 0 Å². The summed E-state index contributed by atoms with van der Waals surface area (Å²) in [6.07, 6.45) is 0. The Morgan fingerprint density at radius 3 is 1.37 bits per heavy atom. The van der Waals surface area contributed by atoms with E-state index in [1.807, 2.05) is 0 Å². The summed E-state index contributed by atoms with van der Waals surface area (Å²) in [4.78, 5) is 2.39. The highest BCUT2D eigenvalue weighted by Crippen LogP contribution is 2.44. The summed E-state index contributed by atoms with van der Waals surface area (Å²) in [5, 5.41) is 4.87. The second kappa shape index (κ2) is 15.1. The topological polar surface area (TPSA) is 8.17 Å². The molecule has 0 spiro atoms. The normalized spacial score (nSPS) is 11.3. The van der Waals surface area contributed by atoms with Crippen molar-refractivity contribution in [2.75, 3.05) is 4.90 Å². The Morgan fingerprint density at radius 2 is 0.717 bits per heavy atom. The second-order valence-corrected chi connectivity index (χ2v) is 15.3. The molecule has 282 valence electrons. The fourth-order valence-corrected chi connectivity index (χ4v) is 8.96. The number of nitrogens with zero attached hydrogens (tertiary/aromatic N) is 2. The quantitative estimate of drug-likeness (QED) is 0.150. The maximum atomic E-state index is 2.50. The van der Waals surface area contributed by atoms with E-state index >= 15 is 0 Å². The monoisotopic (exact) mass is 764 g/mol. The Kier molecular flexibility index (Phi) is 8.87. The molecule has 0 unspecified atom stereocenters. The molecule has 11 rings (SSSR count). The first-order valence-corrected chi connectivity index (χ1v) is 20.6. The van der Waals surface area contributed by atoms with Crippen molar-refractivity contribution in [3.8, 4) is 50.2 Å². The van der Waals surface area contributed by atoms with Gasteiger partial charge in [-0.3, -0.25) is 0 Å². The molecule has 0 aliphatic rings. The molecule has 1 heterocycles. The van der Waals surface area contributed by atoms with E-state index in [0.717, 1.165) is 22.6 Å². The largest absolute Gasteiger partial charge is 0.310 e. The van der Waals surface area contributed by atoms with Crippen LogP contribution in [0.1, 0.15) is 0 Å². The Bertz CT molecular complexity index is 3270. The van der Waals surface area contributed by atoms with Crippen molar-refractivity contribution in [1.82, 2.24) is 4.57 Å². The molecule has 0 saturated heterocycles. The first kappa shape index (κ1) is 35.2. The minimum Gasteiger partial charge on any atom is -0.310 e. The lowest BCUT2D eigenvalue weighted by molar-refractivity contribution is 1.19. The van der Waals surface area contributed by atoms with Crippen LogP contribution in [0.15, 0.2) is 243 Å². The lowest BCUT2D eigenvalue weighted by atomic mass is 9.94. The lowest BCUT2D eigenvalue weighted by Gasteiger charge is -2.26. The number of benzene rings is 10. The number of hydrogen-bond acceptors (Lipinski definition) is 1. The van der Waals surface area contributed by atoms with Crippen LogP contribution in [-0.2, 0) is 0 Å². The Morgan fingerprint density at radius 1 is 0.267 bits per heavy atom. The molecule has 60 heavy (non-hydrogen) atoms. The number of rotatable bonds is 8. The van der Waals surface area contributed by atoms with Crippen molar-refractivity contribution in [3.63, 3.8) is 0 Å². The van der Waals surface area contributed by atoms with E-state index < -0.39 is 0 Å². The highest BCUT2D eigenvalue weighted by molar-refractivity contribution is 6.13. The molecule has 11 aromatic rings. The molecule has 0 aliphatic carbocycles. The summed E-state index contributed by atoms with van der Waals surface area (Å²) in [7, 11) is 0. The summed E-state index contributed by atoms with van der Waals surface area (Å²) in [6.45, 7) is 0. The van der Waals surface area contributed by atoms with Crippen LogP contribution < -0.4 is 4.90 Å². The fraction of sp³-hybridized carbons (Fsp3) is 0. The maximum absolute atomic E-state index is 2.50. The minimum absolute atomic E-state index is 1.08. The molecule has 2 heteroatoms. The van der Waals surface area contributed by atoms with E-state index in [2.05, 4.69) is 252 Å². The third-order valence-corrected chi connectivity index (χ3v) is 11.8. The predicted molar refractivity (Wildman–Crippen MR) is 255 cm³/mol. The average molecular weight is 765 g/mol. The molecule has 0 atom stereocenters. The summed E-state index contributed by atoms with van der Waals surface area (Å²) in [5.41, 5.74) is 16.4. The van der Waals surface area contributed by atoms with Gasteiger partial charge in [-0.1, -0.05) is 200 Å². The van der Waals surface area contributed by atoms with Crippen molar-refractivity contribution in [3.05, 3.63) is 243 Å². The highest BCUT2D eigenvalue weighted by atomic mass is 15.1. The van der Waals surface area contributed by atoms with Crippen LogP contribution in [0.2, 0.25) is 0 Å². The summed E-state index contributed by atoms with van der Waals surface area (Å²) < 4.78 is 2.50. The Labute approximate surface area is 350 Å². The van der Waals surface area contributed by atoms with Gasteiger partial charge in [0, 0.05) is 38.8 Å². The average Bonchev–Trinajstić information content (AvgIpc) is 3.66. The minimum atomic E-state index is 1.08. The van der Waals surface area contributed by atoms with Crippen LogP contribution >= 0.6 is 0 Å². The van der Waals surface area contributed by atoms with Crippen molar-refractivity contribution < 1.29 is 0 Å². The molecule has 0 N–H and O–H groups in total. The molecule has 0 fully saturated rings. The molecule has 10 aromatic carbocycles. The van der Waals surface area contributed by atoms with Crippen LogP contribution in [0, 0.1) is 0 Å². The van der Waals surface area contributed by atoms with E-state index in [4.69, 9.17) is 0 Å². The van der Waals surface area contributed by atoms with Crippen LogP contribution in [0.3, 0.4) is 0 Å². The predicted octanol–water partition coefficient (Wildman–Crippen LogP) is 16.1.